The van der Waals surface area contributed by atoms with Gasteiger partial charge in [-0.3, -0.25) is 9.79 Å². The number of nitrogens with two attached hydrogens (primary N) is 1. The van der Waals surface area contributed by atoms with Gasteiger partial charge in [-0.05, 0) is 47.9 Å². The van der Waals surface area contributed by atoms with Crippen LogP contribution in [0.15, 0.2) is 52.4 Å². The summed E-state index contributed by atoms with van der Waals surface area (Å²) in [6.45, 7) is 0.633. The number of carbonyl (C=O) groups excluding carboxylic acids is 1. The Balaban J connectivity index is 1.60. The van der Waals surface area contributed by atoms with Gasteiger partial charge in [0.25, 0.3) is 0 Å². The van der Waals surface area contributed by atoms with E-state index in [9.17, 15) is 18.3 Å². The lowest BCUT2D eigenvalue weighted by molar-refractivity contribution is -0.134. The Morgan fingerprint density at radius 1 is 1.30 bits per heavy atom. The third-order valence-electron chi connectivity index (χ3n) is 5.52. The fourth-order valence-corrected chi connectivity index (χ4v) is 6.18. The minimum absolute atomic E-state index is 0.0240. The fraction of sp³-hybridized carbons (Fsp3) is 0.455. The van der Waals surface area contributed by atoms with Crippen LogP contribution in [0.1, 0.15) is 19.3 Å². The summed E-state index contributed by atoms with van der Waals surface area (Å²) in [5.74, 6) is 6.40. The molecule has 0 saturated carbocycles. The molecule has 2 aromatic carbocycles. The number of sulfonamides is 1. The van der Waals surface area contributed by atoms with Gasteiger partial charge in [0.1, 0.15) is 6.04 Å². The lowest BCUT2D eigenvalue weighted by atomic mass is 10.1. The molecular formula is C22H31N5O4S2. The van der Waals surface area contributed by atoms with Crippen LogP contribution < -0.4 is 16.0 Å². The second-order valence-electron chi connectivity index (χ2n) is 7.82. The first-order valence-electron chi connectivity index (χ1n) is 10.9. The van der Waals surface area contributed by atoms with Gasteiger partial charge in [-0.15, -0.1) is 0 Å². The van der Waals surface area contributed by atoms with Crippen molar-refractivity contribution in [2.24, 2.45) is 10.8 Å². The van der Waals surface area contributed by atoms with Gasteiger partial charge in [-0.1, -0.05) is 30.3 Å². The molecular weight excluding hydrogens is 462 g/mol. The number of benzene rings is 2. The second-order valence-corrected chi connectivity index (χ2v) is 10.7. The molecule has 1 fully saturated rings. The zero-order valence-electron chi connectivity index (χ0n) is 18.4. The summed E-state index contributed by atoms with van der Waals surface area (Å²) in [7, 11) is -3.98. The number of carbonyl (C=O) groups is 1. The van der Waals surface area contributed by atoms with E-state index in [4.69, 9.17) is 5.84 Å². The number of nitrogens with one attached hydrogen (secondary N) is 2. The Morgan fingerprint density at radius 2 is 2.09 bits per heavy atom. The zero-order chi connectivity index (χ0) is 23.7. The zero-order valence-corrected chi connectivity index (χ0v) is 20.0. The Labute approximate surface area is 198 Å². The normalized spacial score (nSPS) is 17.6. The van der Waals surface area contributed by atoms with Crippen LogP contribution in [0, 0.1) is 0 Å². The van der Waals surface area contributed by atoms with Crippen molar-refractivity contribution in [2.75, 3.05) is 31.2 Å². The molecule has 2 unspecified atom stereocenters. The van der Waals surface area contributed by atoms with E-state index in [1.54, 1.807) is 28.8 Å². The molecule has 0 spiro atoms. The lowest BCUT2D eigenvalue weighted by Gasteiger charge is -2.28. The summed E-state index contributed by atoms with van der Waals surface area (Å²) in [6, 6.07) is 11.1. The highest BCUT2D eigenvalue weighted by atomic mass is 32.2. The molecule has 1 heterocycles. The molecule has 0 bridgehead atoms. The van der Waals surface area contributed by atoms with Crippen molar-refractivity contribution in [3.8, 4) is 0 Å². The summed E-state index contributed by atoms with van der Waals surface area (Å²) in [4.78, 5) is 19.0. The molecule has 0 radical (unpaired) electrons. The minimum Gasteiger partial charge on any atom is -0.394 e. The van der Waals surface area contributed by atoms with Gasteiger partial charge in [-0.2, -0.15) is 16.5 Å². The molecule has 0 aliphatic carbocycles. The molecule has 1 aliphatic heterocycles. The maximum Gasteiger partial charge on any atom is 0.243 e. The van der Waals surface area contributed by atoms with E-state index in [2.05, 4.69) is 15.1 Å². The van der Waals surface area contributed by atoms with Crippen molar-refractivity contribution in [1.82, 2.24) is 15.0 Å². The largest absolute Gasteiger partial charge is 0.394 e. The topological polar surface area (TPSA) is 137 Å². The summed E-state index contributed by atoms with van der Waals surface area (Å²) in [5, 5.41) is 11.5. The predicted octanol–water partition coefficient (Wildman–Crippen LogP) is 1.08. The molecule has 1 saturated heterocycles. The van der Waals surface area contributed by atoms with E-state index in [-0.39, 0.29) is 16.8 Å². The highest BCUT2D eigenvalue weighted by Gasteiger charge is 2.35. The molecule has 1 aliphatic rings. The van der Waals surface area contributed by atoms with Crippen molar-refractivity contribution >= 4 is 44.8 Å². The number of thioether (sulfide) groups is 1. The number of fused-ring (bicyclic) bond motifs is 1. The van der Waals surface area contributed by atoms with Crippen molar-refractivity contribution in [1.29, 1.82) is 0 Å². The molecule has 1 amide bonds. The lowest BCUT2D eigenvalue weighted by Crippen LogP contribution is -2.52. The molecule has 2 atom stereocenters. The summed E-state index contributed by atoms with van der Waals surface area (Å²) < 4.78 is 28.3. The summed E-state index contributed by atoms with van der Waals surface area (Å²) in [5.41, 5.74) is 2.36. The quantitative estimate of drug-likeness (QED) is 0.114. The standard InChI is InChI=1S/C22H31N5O4S2/c23-25-16-24-10-4-12-32-15-19-7-3-11-27(19)22(29)21(14-28)26-33(30,31)20-9-8-17-5-1-2-6-18(17)13-20/h1-2,5-6,8-9,13,16,19,21,26,28H,3-4,7,10-12,14-15,23H2,(H,24,25). The average molecular weight is 494 g/mol. The molecule has 5 N–H and O–H groups in total. The highest BCUT2D eigenvalue weighted by Crippen LogP contribution is 2.23. The van der Waals surface area contributed by atoms with Gasteiger partial charge in [0, 0.05) is 24.9 Å². The maximum atomic E-state index is 13.1. The van der Waals surface area contributed by atoms with Crippen LogP contribution in [0.2, 0.25) is 0 Å². The van der Waals surface area contributed by atoms with Crippen molar-refractivity contribution < 1.29 is 18.3 Å². The first kappa shape index (κ1) is 25.4. The van der Waals surface area contributed by atoms with Crippen molar-refractivity contribution in [3.63, 3.8) is 0 Å². The number of aliphatic imine (C=N–C) groups is 1. The smallest absolute Gasteiger partial charge is 0.243 e. The third-order valence-corrected chi connectivity index (χ3v) is 8.19. The Kier molecular flexibility index (Phi) is 9.51. The summed E-state index contributed by atoms with van der Waals surface area (Å²) >= 11 is 1.74. The number of aliphatic hydroxyl groups excluding tert-OH is 1. The van der Waals surface area contributed by atoms with Crippen LogP contribution in [0.5, 0.6) is 0 Å². The first-order chi connectivity index (χ1) is 16.0. The average Bonchev–Trinajstić information content (AvgIpc) is 3.29. The van der Waals surface area contributed by atoms with Gasteiger partial charge < -0.3 is 15.4 Å². The minimum atomic E-state index is -3.98. The molecule has 0 aromatic heterocycles. The SMILES string of the molecule is NNC=NCCCSCC1CCCN1C(=O)C(CO)NS(=O)(=O)c1ccc2ccccc2c1. The van der Waals surface area contributed by atoms with E-state index in [0.29, 0.717) is 13.1 Å². The predicted molar refractivity (Wildman–Crippen MR) is 133 cm³/mol. The van der Waals surface area contributed by atoms with Gasteiger partial charge in [0.05, 0.1) is 17.8 Å². The van der Waals surface area contributed by atoms with E-state index < -0.39 is 22.7 Å². The fourth-order valence-electron chi connectivity index (χ4n) is 3.85. The van der Waals surface area contributed by atoms with Gasteiger partial charge in [0.2, 0.25) is 15.9 Å². The number of rotatable bonds is 12. The Morgan fingerprint density at radius 3 is 2.85 bits per heavy atom. The number of amides is 1. The van der Waals surface area contributed by atoms with Gasteiger partial charge in [-0.25, -0.2) is 14.3 Å². The molecule has 3 rings (SSSR count). The maximum absolute atomic E-state index is 13.1. The Bertz CT molecular complexity index is 1060. The van der Waals surface area contributed by atoms with Crippen LogP contribution in [0.4, 0.5) is 0 Å². The highest BCUT2D eigenvalue weighted by molar-refractivity contribution is 7.99. The molecule has 2 aromatic rings. The van der Waals surface area contributed by atoms with E-state index in [1.807, 2.05) is 24.3 Å². The monoisotopic (exact) mass is 493 g/mol. The van der Waals surface area contributed by atoms with E-state index >= 15 is 0 Å². The molecule has 9 nitrogen and oxygen atoms in total. The number of hydrogen-bond acceptors (Lipinski definition) is 7. The molecule has 11 heteroatoms. The van der Waals surface area contributed by atoms with Crippen LogP contribution in [-0.2, 0) is 14.8 Å². The second kappa shape index (κ2) is 12.3. The number of hydrazine groups is 1. The molecule has 180 valence electrons. The van der Waals surface area contributed by atoms with E-state index in [1.165, 1.54) is 12.4 Å². The van der Waals surface area contributed by atoms with Crippen LogP contribution in [0.25, 0.3) is 10.8 Å². The first-order valence-corrected chi connectivity index (χ1v) is 13.5. The van der Waals surface area contributed by atoms with Crippen LogP contribution in [-0.4, -0.2) is 74.0 Å². The number of nitrogens with zero attached hydrogens (tertiary/aromatic N) is 2. The summed E-state index contributed by atoms with van der Waals surface area (Å²) in [6.07, 6.45) is 4.08. The third kappa shape index (κ3) is 6.90. The van der Waals surface area contributed by atoms with Gasteiger partial charge in [0.15, 0.2) is 0 Å². The van der Waals surface area contributed by atoms with Crippen molar-refractivity contribution in [3.05, 3.63) is 42.5 Å². The van der Waals surface area contributed by atoms with E-state index in [0.717, 1.165) is 41.5 Å². The number of hydrogen-bond donors (Lipinski definition) is 4. The number of likely N-dealkylation sites (tertiary alicyclic amines) is 1. The Hall–Kier alpha value is -2.18. The van der Waals surface area contributed by atoms with Gasteiger partial charge >= 0.3 is 0 Å². The van der Waals surface area contributed by atoms with Crippen LogP contribution >= 0.6 is 11.8 Å². The molecule has 33 heavy (non-hydrogen) atoms. The van der Waals surface area contributed by atoms with Crippen LogP contribution in [0.3, 0.4) is 0 Å². The number of aliphatic hydroxyl groups is 1. The van der Waals surface area contributed by atoms with Crippen molar-refractivity contribution in [2.45, 2.75) is 36.2 Å².